The number of methoxy groups -OCH3 is 1. The lowest BCUT2D eigenvalue weighted by molar-refractivity contribution is -0.132. The summed E-state index contributed by atoms with van der Waals surface area (Å²) in [4.78, 5) is 23.7. The number of ether oxygens (including phenoxy) is 1. The molecular weight excluding hydrogens is 443 g/mol. The number of pyridine rings is 1. The second kappa shape index (κ2) is 10.3. The number of para-hydroxylation sites is 1. The van der Waals surface area contributed by atoms with Gasteiger partial charge in [-0.3, -0.25) is 9.78 Å². The fraction of sp³-hybridized carbons (Fsp3) is 0.321. The zero-order valence-electron chi connectivity index (χ0n) is 19.9. The molecule has 5 rings (SSSR count). The quantitative estimate of drug-likeness (QED) is 0.381. The van der Waals surface area contributed by atoms with E-state index in [2.05, 4.69) is 9.55 Å². The van der Waals surface area contributed by atoms with Crippen LogP contribution in [-0.2, 0) is 17.6 Å². The first-order valence-electron chi connectivity index (χ1n) is 12.1. The zero-order valence-corrected chi connectivity index (χ0v) is 19.9. The average Bonchev–Trinajstić information content (AvgIpc) is 3.25. The fourth-order valence-electron chi connectivity index (χ4n) is 5.00. The van der Waals surface area contributed by atoms with E-state index in [-0.39, 0.29) is 17.8 Å². The molecular formula is C28H29FN4O2. The van der Waals surface area contributed by atoms with Gasteiger partial charge in [0.2, 0.25) is 5.91 Å². The number of carbonyl (C=O) groups is 1. The molecule has 0 spiro atoms. The molecule has 0 N–H and O–H groups in total. The maximum Gasteiger partial charge on any atom is 0.222 e. The lowest BCUT2D eigenvalue weighted by Crippen LogP contribution is -2.39. The molecule has 180 valence electrons. The van der Waals surface area contributed by atoms with Crippen LogP contribution in [0.2, 0.25) is 0 Å². The van der Waals surface area contributed by atoms with Crippen LogP contribution in [0.4, 0.5) is 4.39 Å². The van der Waals surface area contributed by atoms with E-state index in [0.717, 1.165) is 41.1 Å². The summed E-state index contributed by atoms with van der Waals surface area (Å²) >= 11 is 0. The lowest BCUT2D eigenvalue weighted by atomic mass is 10.0. The van der Waals surface area contributed by atoms with Crippen molar-refractivity contribution in [2.75, 3.05) is 20.2 Å². The van der Waals surface area contributed by atoms with Crippen LogP contribution >= 0.6 is 0 Å². The number of benzene rings is 2. The molecule has 0 radical (unpaired) electrons. The predicted molar refractivity (Wildman–Crippen MR) is 133 cm³/mol. The van der Waals surface area contributed by atoms with E-state index < -0.39 is 0 Å². The number of nitrogens with zero attached hydrogens (tertiary/aromatic N) is 4. The number of piperidine rings is 1. The van der Waals surface area contributed by atoms with Crippen LogP contribution in [0.5, 0.6) is 5.75 Å². The summed E-state index contributed by atoms with van der Waals surface area (Å²) in [5, 5.41) is 0. The van der Waals surface area contributed by atoms with Crippen molar-refractivity contribution in [1.29, 1.82) is 0 Å². The standard InChI is InChI=1S/C28H29FN4O2/c1-35-26-7-3-2-6-21(26)17-27-31-24-18-22(29)9-10-25(24)33(27)23-12-15-32(16-13-23)28(34)11-8-20-5-4-14-30-19-20/h2-7,9-10,14,18-19,23H,8,11-13,15-17H2,1H3. The summed E-state index contributed by atoms with van der Waals surface area (Å²) in [5.74, 6) is 1.59. The van der Waals surface area contributed by atoms with Crippen LogP contribution in [0, 0.1) is 5.82 Å². The third-order valence-electron chi connectivity index (χ3n) is 6.80. The highest BCUT2D eigenvalue weighted by atomic mass is 19.1. The van der Waals surface area contributed by atoms with E-state index in [9.17, 15) is 9.18 Å². The average molecular weight is 473 g/mol. The Labute approximate surface area is 204 Å². The number of fused-ring (bicyclic) bond motifs is 1. The smallest absolute Gasteiger partial charge is 0.222 e. The maximum absolute atomic E-state index is 14.0. The number of hydrogen-bond donors (Lipinski definition) is 0. The van der Waals surface area contributed by atoms with E-state index in [0.29, 0.717) is 37.9 Å². The van der Waals surface area contributed by atoms with Gasteiger partial charge in [-0.25, -0.2) is 9.37 Å². The van der Waals surface area contributed by atoms with Gasteiger partial charge in [-0.15, -0.1) is 0 Å². The van der Waals surface area contributed by atoms with E-state index in [1.807, 2.05) is 53.6 Å². The van der Waals surface area contributed by atoms with Crippen molar-refractivity contribution in [3.05, 3.63) is 89.8 Å². The Morgan fingerprint density at radius 3 is 2.71 bits per heavy atom. The Balaban J connectivity index is 1.34. The maximum atomic E-state index is 14.0. The molecule has 0 aliphatic carbocycles. The molecule has 1 aliphatic rings. The third kappa shape index (κ3) is 5.04. The Hall–Kier alpha value is -3.74. The van der Waals surface area contributed by atoms with Gasteiger partial charge < -0.3 is 14.2 Å². The van der Waals surface area contributed by atoms with Crippen molar-refractivity contribution in [3.63, 3.8) is 0 Å². The number of halogens is 1. The predicted octanol–water partition coefficient (Wildman–Crippen LogP) is 4.97. The van der Waals surface area contributed by atoms with Crippen LogP contribution in [0.3, 0.4) is 0 Å². The monoisotopic (exact) mass is 472 g/mol. The van der Waals surface area contributed by atoms with Crippen LogP contribution in [0.1, 0.15) is 42.3 Å². The molecule has 3 heterocycles. The van der Waals surface area contributed by atoms with Crippen LogP contribution in [-0.4, -0.2) is 45.5 Å². The number of hydrogen-bond acceptors (Lipinski definition) is 4. The minimum atomic E-state index is -0.292. The number of amides is 1. The van der Waals surface area contributed by atoms with E-state index >= 15 is 0 Å². The third-order valence-corrected chi connectivity index (χ3v) is 6.80. The van der Waals surface area contributed by atoms with Gasteiger partial charge >= 0.3 is 0 Å². The van der Waals surface area contributed by atoms with Crippen molar-refractivity contribution in [3.8, 4) is 5.75 Å². The van der Waals surface area contributed by atoms with Gasteiger partial charge in [-0.1, -0.05) is 24.3 Å². The molecule has 35 heavy (non-hydrogen) atoms. The highest BCUT2D eigenvalue weighted by Crippen LogP contribution is 2.31. The number of aromatic nitrogens is 3. The van der Waals surface area contributed by atoms with Gasteiger partial charge in [0.1, 0.15) is 17.4 Å². The van der Waals surface area contributed by atoms with Gasteiger partial charge in [0, 0.05) is 56.0 Å². The summed E-state index contributed by atoms with van der Waals surface area (Å²) in [6.45, 7) is 1.40. The Morgan fingerprint density at radius 1 is 1.11 bits per heavy atom. The summed E-state index contributed by atoms with van der Waals surface area (Å²) in [6.07, 6.45) is 7.00. The molecule has 1 amide bonds. The number of aryl methyl sites for hydroxylation is 1. The minimum absolute atomic E-state index is 0.180. The summed E-state index contributed by atoms with van der Waals surface area (Å²) in [7, 11) is 1.66. The zero-order chi connectivity index (χ0) is 24.2. The summed E-state index contributed by atoms with van der Waals surface area (Å²) in [6, 6.07) is 16.8. The molecule has 7 heteroatoms. The summed E-state index contributed by atoms with van der Waals surface area (Å²) in [5.41, 5.74) is 3.70. The Morgan fingerprint density at radius 2 is 1.94 bits per heavy atom. The minimum Gasteiger partial charge on any atom is -0.496 e. The molecule has 1 fully saturated rings. The molecule has 1 aliphatic heterocycles. The van der Waals surface area contributed by atoms with Crippen molar-refractivity contribution in [1.82, 2.24) is 19.4 Å². The molecule has 0 unspecified atom stereocenters. The molecule has 1 saturated heterocycles. The Bertz CT molecular complexity index is 1310. The van der Waals surface area contributed by atoms with Crippen LogP contribution in [0.25, 0.3) is 11.0 Å². The SMILES string of the molecule is COc1ccccc1Cc1nc2cc(F)ccc2n1C1CCN(C(=O)CCc2cccnc2)CC1. The largest absolute Gasteiger partial charge is 0.496 e. The van der Waals surface area contributed by atoms with Crippen molar-refractivity contribution >= 4 is 16.9 Å². The Kier molecular flexibility index (Phi) is 6.75. The highest BCUT2D eigenvalue weighted by Gasteiger charge is 2.27. The van der Waals surface area contributed by atoms with E-state index in [1.165, 1.54) is 12.1 Å². The first kappa shape index (κ1) is 23.0. The molecule has 6 nitrogen and oxygen atoms in total. The number of rotatable bonds is 7. The first-order chi connectivity index (χ1) is 17.1. The molecule has 0 bridgehead atoms. The number of likely N-dealkylation sites (tertiary alicyclic amines) is 1. The van der Waals surface area contributed by atoms with Gasteiger partial charge in [0.15, 0.2) is 0 Å². The molecule has 4 aromatic rings. The molecule has 2 aromatic heterocycles. The van der Waals surface area contributed by atoms with Crippen molar-refractivity contribution < 1.29 is 13.9 Å². The van der Waals surface area contributed by atoms with Crippen LogP contribution < -0.4 is 4.74 Å². The van der Waals surface area contributed by atoms with Gasteiger partial charge in [0.05, 0.1) is 18.1 Å². The van der Waals surface area contributed by atoms with E-state index in [1.54, 1.807) is 13.3 Å². The number of carbonyl (C=O) groups excluding carboxylic acids is 1. The van der Waals surface area contributed by atoms with E-state index in [4.69, 9.17) is 9.72 Å². The topological polar surface area (TPSA) is 60.2 Å². The second-order valence-corrected chi connectivity index (χ2v) is 8.99. The fourth-order valence-corrected chi connectivity index (χ4v) is 5.00. The second-order valence-electron chi connectivity index (χ2n) is 8.99. The molecule has 2 aromatic carbocycles. The highest BCUT2D eigenvalue weighted by molar-refractivity contribution is 5.77. The molecule has 0 saturated carbocycles. The van der Waals surface area contributed by atoms with Crippen LogP contribution in [0.15, 0.2) is 67.0 Å². The number of imidazole rings is 1. The summed E-state index contributed by atoms with van der Waals surface area (Å²) < 4.78 is 21.8. The lowest BCUT2D eigenvalue weighted by Gasteiger charge is -2.34. The normalized spacial score (nSPS) is 14.4. The van der Waals surface area contributed by atoms with Crippen molar-refractivity contribution in [2.45, 2.75) is 38.1 Å². The molecule has 0 atom stereocenters. The van der Waals surface area contributed by atoms with Crippen molar-refractivity contribution in [2.24, 2.45) is 0 Å². The van der Waals surface area contributed by atoms with Gasteiger partial charge in [-0.05, 0) is 49.1 Å². The first-order valence-corrected chi connectivity index (χ1v) is 12.1. The van der Waals surface area contributed by atoms with Gasteiger partial charge in [0.25, 0.3) is 0 Å². The van der Waals surface area contributed by atoms with Gasteiger partial charge in [-0.2, -0.15) is 0 Å².